The van der Waals surface area contributed by atoms with E-state index in [0.717, 1.165) is 35.5 Å². The zero-order valence-corrected chi connectivity index (χ0v) is 20.6. The maximum atomic E-state index is 13.4. The lowest BCUT2D eigenvalue weighted by Gasteiger charge is -2.24. The molecule has 0 radical (unpaired) electrons. The molecule has 0 saturated carbocycles. The monoisotopic (exact) mass is 482 g/mol. The Morgan fingerprint density at radius 3 is 2.72 bits per heavy atom. The van der Waals surface area contributed by atoms with Crippen molar-refractivity contribution in [2.45, 2.75) is 39.3 Å². The Morgan fingerprint density at radius 2 is 1.94 bits per heavy atom. The number of aryl methyl sites for hydroxylation is 1. The summed E-state index contributed by atoms with van der Waals surface area (Å²) in [5.74, 6) is 0.312. The Balaban J connectivity index is 1.40. The van der Waals surface area contributed by atoms with Crippen molar-refractivity contribution < 1.29 is 9.53 Å². The molecular formula is C29H30N4O3. The fraction of sp³-hybridized carbons (Fsp3) is 0.276. The zero-order valence-electron chi connectivity index (χ0n) is 20.6. The van der Waals surface area contributed by atoms with E-state index in [-0.39, 0.29) is 24.1 Å². The second-order valence-electron chi connectivity index (χ2n) is 9.21. The molecule has 4 aromatic rings. The van der Waals surface area contributed by atoms with Gasteiger partial charge in [-0.25, -0.2) is 4.98 Å². The molecule has 5 rings (SSSR count). The first kappa shape index (κ1) is 23.8. The Hall–Kier alpha value is -3.97. The first-order valence-corrected chi connectivity index (χ1v) is 12.3. The number of rotatable bonds is 7. The standard InChI is InChI=1S/C29H30N4O3/c1-20-17-22(21(2)33(20)23-9-4-3-5-10-23)14-15-28(34)32(18-24-11-8-16-36-24)19-27-30-26-13-7-6-12-25(26)29(35)31-27/h3-7,9-10,12-15,17,24H,8,11,16,18-19H2,1-2H3,(H,30,31,35)/b15-14+. The molecule has 2 aromatic heterocycles. The van der Waals surface area contributed by atoms with E-state index in [0.29, 0.717) is 29.9 Å². The van der Waals surface area contributed by atoms with Crippen LogP contribution in [0.4, 0.5) is 0 Å². The van der Waals surface area contributed by atoms with Gasteiger partial charge in [0.1, 0.15) is 5.82 Å². The molecule has 36 heavy (non-hydrogen) atoms. The van der Waals surface area contributed by atoms with E-state index in [4.69, 9.17) is 4.74 Å². The number of hydrogen-bond acceptors (Lipinski definition) is 4. The van der Waals surface area contributed by atoms with Gasteiger partial charge in [0.2, 0.25) is 5.91 Å². The molecule has 7 nitrogen and oxygen atoms in total. The topological polar surface area (TPSA) is 80.2 Å². The number of benzene rings is 2. The molecule has 1 N–H and O–H groups in total. The average Bonchev–Trinajstić information content (AvgIpc) is 3.49. The van der Waals surface area contributed by atoms with Crippen LogP contribution in [-0.4, -0.2) is 44.6 Å². The molecular weight excluding hydrogens is 452 g/mol. The van der Waals surface area contributed by atoms with E-state index in [9.17, 15) is 9.59 Å². The van der Waals surface area contributed by atoms with Crippen molar-refractivity contribution in [3.05, 3.63) is 99.9 Å². The minimum Gasteiger partial charge on any atom is -0.376 e. The van der Waals surface area contributed by atoms with Gasteiger partial charge in [0, 0.05) is 36.3 Å². The summed E-state index contributed by atoms with van der Waals surface area (Å²) >= 11 is 0. The van der Waals surface area contributed by atoms with Gasteiger partial charge in [0.25, 0.3) is 5.56 Å². The minimum absolute atomic E-state index is 0.0160. The summed E-state index contributed by atoms with van der Waals surface area (Å²) in [4.78, 5) is 35.1. The van der Waals surface area contributed by atoms with Crippen molar-refractivity contribution in [1.29, 1.82) is 0 Å². The van der Waals surface area contributed by atoms with Crippen LogP contribution in [0.1, 0.15) is 35.6 Å². The fourth-order valence-corrected chi connectivity index (χ4v) is 4.85. The molecule has 0 aliphatic carbocycles. The first-order chi connectivity index (χ1) is 17.5. The molecule has 1 aliphatic heterocycles. The number of aromatic amines is 1. The van der Waals surface area contributed by atoms with Gasteiger partial charge in [-0.15, -0.1) is 0 Å². The van der Waals surface area contributed by atoms with E-state index >= 15 is 0 Å². The van der Waals surface area contributed by atoms with Crippen LogP contribution in [0.25, 0.3) is 22.7 Å². The maximum absolute atomic E-state index is 13.4. The second kappa shape index (κ2) is 10.3. The van der Waals surface area contributed by atoms with E-state index in [1.54, 1.807) is 17.0 Å². The Morgan fingerprint density at radius 1 is 1.17 bits per heavy atom. The summed E-state index contributed by atoms with van der Waals surface area (Å²) in [6, 6.07) is 19.5. The highest BCUT2D eigenvalue weighted by Gasteiger charge is 2.23. The molecule has 184 valence electrons. The number of H-pyrrole nitrogens is 1. The molecule has 0 bridgehead atoms. The number of carbonyl (C=O) groups excluding carboxylic acids is 1. The predicted octanol–water partition coefficient (Wildman–Crippen LogP) is 4.55. The number of ether oxygens (including phenoxy) is 1. The van der Waals surface area contributed by atoms with Gasteiger partial charge in [-0.05, 0) is 68.7 Å². The molecule has 0 spiro atoms. The number of nitrogens with one attached hydrogen (secondary N) is 1. The first-order valence-electron chi connectivity index (χ1n) is 12.3. The van der Waals surface area contributed by atoms with Gasteiger partial charge >= 0.3 is 0 Å². The van der Waals surface area contributed by atoms with Gasteiger partial charge < -0.3 is 19.2 Å². The van der Waals surface area contributed by atoms with Crippen molar-refractivity contribution in [3.63, 3.8) is 0 Å². The second-order valence-corrected chi connectivity index (χ2v) is 9.21. The van der Waals surface area contributed by atoms with Crippen LogP contribution in [0, 0.1) is 13.8 Å². The predicted molar refractivity (Wildman–Crippen MR) is 141 cm³/mol. The van der Waals surface area contributed by atoms with Gasteiger partial charge in [-0.1, -0.05) is 30.3 Å². The Labute approximate surface area is 210 Å². The molecule has 1 aliphatic rings. The summed E-state index contributed by atoms with van der Waals surface area (Å²) in [6.45, 7) is 5.47. The number of hydrogen-bond donors (Lipinski definition) is 1. The summed E-state index contributed by atoms with van der Waals surface area (Å²) in [7, 11) is 0. The fourth-order valence-electron chi connectivity index (χ4n) is 4.85. The average molecular weight is 483 g/mol. The van der Waals surface area contributed by atoms with Crippen LogP contribution < -0.4 is 5.56 Å². The lowest BCUT2D eigenvalue weighted by molar-refractivity contribution is -0.128. The van der Waals surface area contributed by atoms with Gasteiger partial charge in [-0.3, -0.25) is 9.59 Å². The highest BCUT2D eigenvalue weighted by atomic mass is 16.5. The van der Waals surface area contributed by atoms with Crippen LogP contribution in [0.15, 0.2) is 71.5 Å². The summed E-state index contributed by atoms with van der Waals surface area (Å²) in [6.07, 6.45) is 5.35. The largest absolute Gasteiger partial charge is 0.376 e. The summed E-state index contributed by atoms with van der Waals surface area (Å²) in [5.41, 5.74) is 4.64. The SMILES string of the molecule is Cc1cc(/C=C/C(=O)N(Cc2nc3ccccc3c(=O)[nH]2)CC2CCCO2)c(C)n1-c1ccccc1. The van der Waals surface area contributed by atoms with Crippen LogP contribution in [0.2, 0.25) is 0 Å². The quantitative estimate of drug-likeness (QED) is 0.392. The lowest BCUT2D eigenvalue weighted by atomic mass is 10.2. The van der Waals surface area contributed by atoms with Gasteiger partial charge in [-0.2, -0.15) is 0 Å². The zero-order chi connectivity index (χ0) is 25.1. The van der Waals surface area contributed by atoms with Crippen LogP contribution >= 0.6 is 0 Å². The van der Waals surface area contributed by atoms with Crippen LogP contribution in [-0.2, 0) is 16.1 Å². The third-order valence-electron chi connectivity index (χ3n) is 6.65. The molecule has 1 atom stereocenters. The molecule has 1 amide bonds. The van der Waals surface area contributed by atoms with Gasteiger partial charge in [0.05, 0.1) is 23.6 Å². The number of carbonyl (C=O) groups is 1. The number of aromatic nitrogens is 3. The van der Waals surface area contributed by atoms with E-state index in [1.165, 1.54) is 0 Å². The number of fused-ring (bicyclic) bond motifs is 1. The summed E-state index contributed by atoms with van der Waals surface area (Å²) in [5, 5.41) is 0.534. The third-order valence-corrected chi connectivity index (χ3v) is 6.65. The van der Waals surface area contributed by atoms with Crippen LogP contribution in [0.5, 0.6) is 0 Å². The molecule has 1 saturated heterocycles. The molecule has 2 aromatic carbocycles. The van der Waals surface area contributed by atoms with E-state index in [1.807, 2.05) is 42.5 Å². The maximum Gasteiger partial charge on any atom is 0.258 e. The van der Waals surface area contributed by atoms with Crippen molar-refractivity contribution in [3.8, 4) is 5.69 Å². The van der Waals surface area contributed by atoms with E-state index in [2.05, 4.69) is 46.6 Å². The Bertz CT molecular complexity index is 1460. The molecule has 1 fully saturated rings. The molecule has 3 heterocycles. The van der Waals surface area contributed by atoms with Crippen molar-refractivity contribution >= 4 is 22.9 Å². The molecule has 7 heteroatoms. The minimum atomic E-state index is -0.205. The number of nitrogens with zero attached hydrogens (tertiary/aromatic N) is 3. The normalized spacial score (nSPS) is 15.7. The van der Waals surface area contributed by atoms with Gasteiger partial charge in [0.15, 0.2) is 0 Å². The van der Waals surface area contributed by atoms with E-state index < -0.39 is 0 Å². The third kappa shape index (κ3) is 5.02. The highest BCUT2D eigenvalue weighted by molar-refractivity contribution is 5.92. The highest BCUT2D eigenvalue weighted by Crippen LogP contribution is 2.22. The summed E-state index contributed by atoms with van der Waals surface area (Å²) < 4.78 is 7.98. The lowest BCUT2D eigenvalue weighted by Crippen LogP contribution is -2.36. The van der Waals surface area contributed by atoms with Crippen molar-refractivity contribution in [2.24, 2.45) is 0 Å². The smallest absolute Gasteiger partial charge is 0.258 e. The van der Waals surface area contributed by atoms with Crippen LogP contribution in [0.3, 0.4) is 0 Å². The van der Waals surface area contributed by atoms with Crippen molar-refractivity contribution in [1.82, 2.24) is 19.4 Å². The van der Waals surface area contributed by atoms with Crippen molar-refractivity contribution in [2.75, 3.05) is 13.2 Å². The Kier molecular flexibility index (Phi) is 6.82. The molecule has 1 unspecified atom stereocenters. The number of amides is 1. The number of para-hydroxylation sites is 2.